The van der Waals surface area contributed by atoms with Crippen LogP contribution < -0.4 is 5.32 Å². The van der Waals surface area contributed by atoms with Gasteiger partial charge in [-0.1, -0.05) is 0 Å². The van der Waals surface area contributed by atoms with Gasteiger partial charge in [0.2, 0.25) is 5.24 Å². The van der Waals surface area contributed by atoms with Crippen molar-refractivity contribution in [2.45, 2.75) is 25.4 Å². The number of hydrogen-bond acceptors (Lipinski definition) is 3. The van der Waals surface area contributed by atoms with Crippen LogP contribution in [0.15, 0.2) is 0 Å². The fourth-order valence-corrected chi connectivity index (χ4v) is 1.91. The lowest BCUT2D eigenvalue weighted by atomic mass is 9.96. The standard InChI is InChI=1S/C8H13ClN2O3/c1-5-3-10-4-8(2,6(9)12)11(5)7(13)14/h5,10H,3-4H2,1-2H3,(H,13,14). The maximum Gasteiger partial charge on any atom is 0.408 e. The number of nitrogens with one attached hydrogen (secondary N) is 1. The second-order valence-corrected chi connectivity index (χ2v) is 4.02. The van der Waals surface area contributed by atoms with Crippen molar-refractivity contribution in [1.82, 2.24) is 10.2 Å². The van der Waals surface area contributed by atoms with Gasteiger partial charge in [-0.2, -0.15) is 0 Å². The summed E-state index contributed by atoms with van der Waals surface area (Å²) in [5, 5.41) is 11.3. The van der Waals surface area contributed by atoms with Crippen LogP contribution in [0, 0.1) is 0 Å². The first-order valence-electron chi connectivity index (χ1n) is 4.32. The maximum absolute atomic E-state index is 11.2. The minimum atomic E-state index is -1.16. The van der Waals surface area contributed by atoms with Crippen LogP contribution in [0.3, 0.4) is 0 Å². The van der Waals surface area contributed by atoms with Crippen molar-refractivity contribution in [3.63, 3.8) is 0 Å². The number of hydrogen-bond donors (Lipinski definition) is 2. The molecule has 1 aliphatic heterocycles. The summed E-state index contributed by atoms with van der Waals surface area (Å²) in [6.07, 6.45) is -1.12. The minimum Gasteiger partial charge on any atom is -0.465 e. The quantitative estimate of drug-likeness (QED) is 0.631. The predicted molar refractivity (Wildman–Crippen MR) is 51.5 cm³/mol. The van der Waals surface area contributed by atoms with E-state index < -0.39 is 16.9 Å². The summed E-state index contributed by atoms with van der Waals surface area (Å²) in [5.74, 6) is 0. The highest BCUT2D eigenvalue weighted by atomic mass is 35.5. The molecule has 0 spiro atoms. The fourth-order valence-electron chi connectivity index (χ4n) is 1.75. The topological polar surface area (TPSA) is 69.6 Å². The Morgan fingerprint density at radius 3 is 2.57 bits per heavy atom. The van der Waals surface area contributed by atoms with Crippen LogP contribution in [0.25, 0.3) is 0 Å². The third kappa shape index (κ3) is 1.69. The van der Waals surface area contributed by atoms with Gasteiger partial charge in [-0.15, -0.1) is 0 Å². The molecule has 1 rings (SSSR count). The zero-order valence-electron chi connectivity index (χ0n) is 8.08. The molecule has 0 aliphatic carbocycles. The first kappa shape index (κ1) is 11.3. The summed E-state index contributed by atoms with van der Waals surface area (Å²) in [6, 6.07) is -0.256. The second kappa shape index (κ2) is 3.74. The van der Waals surface area contributed by atoms with Crippen molar-refractivity contribution in [3.05, 3.63) is 0 Å². The Bertz CT molecular complexity index is 271. The molecular formula is C8H13ClN2O3. The first-order chi connectivity index (χ1) is 6.39. The van der Waals surface area contributed by atoms with Crippen LogP contribution in [-0.2, 0) is 4.79 Å². The number of nitrogens with zero attached hydrogens (tertiary/aromatic N) is 1. The van der Waals surface area contributed by atoms with Crippen LogP contribution in [0.1, 0.15) is 13.8 Å². The van der Waals surface area contributed by atoms with E-state index in [0.717, 1.165) is 4.90 Å². The summed E-state index contributed by atoms with van der Waals surface area (Å²) in [6.45, 7) is 4.05. The SMILES string of the molecule is CC1CNCC(C)(C(=O)Cl)N1C(=O)O. The molecule has 2 N–H and O–H groups in total. The minimum absolute atomic E-state index is 0.256. The number of carbonyl (C=O) groups is 2. The smallest absolute Gasteiger partial charge is 0.408 e. The number of rotatable bonds is 1. The third-order valence-electron chi connectivity index (χ3n) is 2.51. The van der Waals surface area contributed by atoms with Crippen LogP contribution in [0.4, 0.5) is 4.79 Å². The number of amides is 1. The predicted octanol–water partition coefficient (Wildman–Crippen LogP) is 0.482. The van der Waals surface area contributed by atoms with Crippen molar-refractivity contribution in [2.24, 2.45) is 0 Å². The van der Waals surface area contributed by atoms with Crippen molar-refractivity contribution in [3.8, 4) is 0 Å². The largest absolute Gasteiger partial charge is 0.465 e. The van der Waals surface area contributed by atoms with Gasteiger partial charge in [0.15, 0.2) is 0 Å². The lowest BCUT2D eigenvalue weighted by molar-refractivity contribution is -0.123. The lowest BCUT2D eigenvalue weighted by Crippen LogP contribution is -2.67. The molecule has 80 valence electrons. The highest BCUT2D eigenvalue weighted by Crippen LogP contribution is 2.23. The molecule has 0 aromatic heterocycles. The third-order valence-corrected chi connectivity index (χ3v) is 2.92. The zero-order chi connectivity index (χ0) is 10.9. The Balaban J connectivity index is 3.01. The molecule has 5 nitrogen and oxygen atoms in total. The highest BCUT2D eigenvalue weighted by Gasteiger charge is 2.46. The second-order valence-electron chi connectivity index (χ2n) is 3.68. The molecule has 2 atom stereocenters. The normalized spacial score (nSPS) is 32.8. The molecule has 1 heterocycles. The van der Waals surface area contributed by atoms with Crippen LogP contribution >= 0.6 is 11.6 Å². The number of halogens is 1. The Morgan fingerprint density at radius 1 is 1.64 bits per heavy atom. The van der Waals surface area contributed by atoms with Gasteiger partial charge >= 0.3 is 6.09 Å². The summed E-state index contributed by atoms with van der Waals surface area (Å²) >= 11 is 5.42. The zero-order valence-corrected chi connectivity index (χ0v) is 8.84. The van der Waals surface area contributed by atoms with Gasteiger partial charge in [0.05, 0.1) is 0 Å². The van der Waals surface area contributed by atoms with Crippen LogP contribution in [-0.4, -0.2) is 46.0 Å². The molecule has 0 aromatic carbocycles. The van der Waals surface area contributed by atoms with E-state index in [1.165, 1.54) is 6.92 Å². The molecule has 0 saturated carbocycles. The Hall–Kier alpha value is -0.810. The van der Waals surface area contributed by atoms with E-state index in [2.05, 4.69) is 5.32 Å². The van der Waals surface area contributed by atoms with E-state index >= 15 is 0 Å². The fraction of sp³-hybridized carbons (Fsp3) is 0.750. The molecule has 14 heavy (non-hydrogen) atoms. The van der Waals surface area contributed by atoms with Crippen molar-refractivity contribution in [1.29, 1.82) is 0 Å². The average Bonchev–Trinajstić information content (AvgIpc) is 2.02. The van der Waals surface area contributed by atoms with Crippen molar-refractivity contribution >= 4 is 22.9 Å². The molecule has 0 bridgehead atoms. The van der Waals surface area contributed by atoms with Gasteiger partial charge < -0.3 is 10.4 Å². The first-order valence-corrected chi connectivity index (χ1v) is 4.70. The molecule has 1 fully saturated rings. The number of carbonyl (C=O) groups excluding carboxylic acids is 1. The summed E-state index contributed by atoms with van der Waals surface area (Å²) in [5.41, 5.74) is -1.16. The Labute approximate surface area is 87.0 Å². The van der Waals surface area contributed by atoms with Crippen LogP contribution in [0.2, 0.25) is 0 Å². The summed E-state index contributed by atoms with van der Waals surface area (Å²) < 4.78 is 0. The Morgan fingerprint density at radius 2 is 2.21 bits per heavy atom. The van der Waals surface area contributed by atoms with Gasteiger partial charge in [0.25, 0.3) is 0 Å². The molecule has 1 aliphatic rings. The summed E-state index contributed by atoms with van der Waals surface area (Å²) in [4.78, 5) is 23.3. The molecule has 0 radical (unpaired) electrons. The number of piperazine rings is 1. The van der Waals surface area contributed by atoms with Gasteiger partial charge in [0, 0.05) is 19.1 Å². The van der Waals surface area contributed by atoms with Crippen LogP contribution in [0.5, 0.6) is 0 Å². The molecule has 2 unspecified atom stereocenters. The maximum atomic E-state index is 11.2. The molecular weight excluding hydrogens is 208 g/mol. The van der Waals surface area contributed by atoms with Gasteiger partial charge in [-0.05, 0) is 25.4 Å². The van der Waals surface area contributed by atoms with E-state index in [0.29, 0.717) is 6.54 Å². The van der Waals surface area contributed by atoms with Crippen molar-refractivity contribution in [2.75, 3.05) is 13.1 Å². The van der Waals surface area contributed by atoms with E-state index in [9.17, 15) is 9.59 Å². The number of carboxylic acid groups (broad SMARTS) is 1. The molecule has 1 saturated heterocycles. The molecule has 6 heteroatoms. The molecule has 1 amide bonds. The van der Waals surface area contributed by atoms with E-state index in [1.54, 1.807) is 6.92 Å². The van der Waals surface area contributed by atoms with E-state index in [1.807, 2.05) is 0 Å². The monoisotopic (exact) mass is 220 g/mol. The summed E-state index contributed by atoms with van der Waals surface area (Å²) in [7, 11) is 0. The van der Waals surface area contributed by atoms with E-state index in [4.69, 9.17) is 16.7 Å². The average molecular weight is 221 g/mol. The van der Waals surface area contributed by atoms with Gasteiger partial charge in [-0.3, -0.25) is 9.69 Å². The van der Waals surface area contributed by atoms with E-state index in [-0.39, 0.29) is 12.6 Å². The Kier molecular flexibility index (Phi) is 3.01. The van der Waals surface area contributed by atoms with Gasteiger partial charge in [-0.25, -0.2) is 4.79 Å². The van der Waals surface area contributed by atoms with Crippen molar-refractivity contribution < 1.29 is 14.7 Å². The molecule has 0 aromatic rings. The van der Waals surface area contributed by atoms with Gasteiger partial charge in [0.1, 0.15) is 5.54 Å². The lowest BCUT2D eigenvalue weighted by Gasteiger charge is -2.44. The highest BCUT2D eigenvalue weighted by molar-refractivity contribution is 6.65.